The third kappa shape index (κ3) is 7.68. The van der Waals surface area contributed by atoms with E-state index in [0.717, 1.165) is 10.5 Å². The number of hydrogen-bond donors (Lipinski definition) is 2. The van der Waals surface area contributed by atoms with E-state index in [4.69, 9.17) is 21.4 Å². The van der Waals surface area contributed by atoms with Crippen LogP contribution in [0.2, 0.25) is 5.02 Å². The van der Waals surface area contributed by atoms with Gasteiger partial charge in [0.1, 0.15) is 5.75 Å². The summed E-state index contributed by atoms with van der Waals surface area (Å²) < 4.78 is 6.54. The summed E-state index contributed by atoms with van der Waals surface area (Å²) in [5.41, 5.74) is 3.19. The fraction of sp³-hybridized carbons (Fsp3) is 0.118. The summed E-state index contributed by atoms with van der Waals surface area (Å²) in [7, 11) is 0. The fourth-order valence-electron chi connectivity index (χ4n) is 1.82. The highest BCUT2D eigenvalue weighted by Gasteiger charge is 2.10. The number of halogens is 3. The van der Waals surface area contributed by atoms with Crippen LogP contribution in [0.4, 0.5) is 0 Å². The van der Waals surface area contributed by atoms with Crippen molar-refractivity contribution in [2.24, 2.45) is 5.10 Å². The van der Waals surface area contributed by atoms with Crippen LogP contribution in [-0.2, 0) is 9.59 Å². The van der Waals surface area contributed by atoms with Gasteiger partial charge in [-0.15, -0.1) is 11.8 Å². The number of nitrogens with zero attached hydrogens (tertiary/aromatic N) is 1. The van der Waals surface area contributed by atoms with E-state index in [1.54, 1.807) is 24.3 Å². The van der Waals surface area contributed by atoms with Crippen LogP contribution in [-0.4, -0.2) is 35.6 Å². The van der Waals surface area contributed by atoms with Crippen molar-refractivity contribution < 1.29 is 19.4 Å². The topological polar surface area (TPSA) is 88.0 Å². The highest BCUT2D eigenvalue weighted by Crippen LogP contribution is 2.31. The molecule has 0 heterocycles. The van der Waals surface area contributed by atoms with Crippen molar-refractivity contribution in [3.05, 3.63) is 55.0 Å². The summed E-state index contributed by atoms with van der Waals surface area (Å²) in [6, 6.07) is 10.7. The first-order valence-electron chi connectivity index (χ1n) is 7.39. The average molecular weight is 584 g/mol. The molecule has 0 radical (unpaired) electrons. The molecule has 0 spiro atoms. The van der Waals surface area contributed by atoms with Gasteiger partial charge in [-0.1, -0.05) is 11.6 Å². The molecule has 1 amide bonds. The quantitative estimate of drug-likeness (QED) is 0.208. The van der Waals surface area contributed by atoms with Gasteiger partial charge in [-0.2, -0.15) is 5.10 Å². The Balaban J connectivity index is 1.88. The second kappa shape index (κ2) is 10.9. The van der Waals surface area contributed by atoms with Gasteiger partial charge >= 0.3 is 5.97 Å². The number of hydrazone groups is 1. The number of carbonyl (C=O) groups excluding carboxylic acids is 1. The van der Waals surface area contributed by atoms with Gasteiger partial charge in [0.15, 0.2) is 6.61 Å². The third-order valence-electron chi connectivity index (χ3n) is 2.95. The van der Waals surface area contributed by atoms with E-state index in [1.165, 1.54) is 18.0 Å². The number of rotatable bonds is 8. The standard InChI is InChI=1S/C17H13BrClIN2O4S/c18-13-5-10(6-14(20)17(13)26-8-16(24)25)7-21-22-15(23)9-27-12-3-1-11(19)2-4-12/h1-7H,8-9H2,(H,22,23)(H,24,25)/b21-7-. The molecule has 2 aromatic carbocycles. The first-order chi connectivity index (χ1) is 12.8. The Kier molecular flexibility index (Phi) is 8.87. The van der Waals surface area contributed by atoms with Gasteiger partial charge in [-0.3, -0.25) is 4.79 Å². The molecule has 2 aromatic rings. The monoisotopic (exact) mass is 582 g/mol. The summed E-state index contributed by atoms with van der Waals surface area (Å²) >= 11 is 12.6. The number of ether oxygens (including phenoxy) is 1. The van der Waals surface area contributed by atoms with Crippen LogP contribution in [0.25, 0.3) is 0 Å². The molecule has 2 rings (SSSR count). The minimum absolute atomic E-state index is 0.224. The first-order valence-corrected chi connectivity index (χ1v) is 10.6. The van der Waals surface area contributed by atoms with Gasteiger partial charge < -0.3 is 9.84 Å². The molecule has 0 atom stereocenters. The van der Waals surface area contributed by atoms with Gasteiger partial charge in [-0.25, -0.2) is 10.2 Å². The van der Waals surface area contributed by atoms with Gasteiger partial charge in [0.2, 0.25) is 5.91 Å². The Morgan fingerprint density at radius 3 is 2.67 bits per heavy atom. The molecule has 0 saturated carbocycles. The van der Waals surface area contributed by atoms with Crippen LogP contribution in [0.15, 0.2) is 50.9 Å². The van der Waals surface area contributed by atoms with E-state index in [9.17, 15) is 9.59 Å². The molecule has 0 bridgehead atoms. The maximum Gasteiger partial charge on any atom is 0.341 e. The molecule has 0 unspecified atom stereocenters. The number of aliphatic carboxylic acids is 1. The third-order valence-corrected chi connectivity index (χ3v) is 5.60. The van der Waals surface area contributed by atoms with E-state index < -0.39 is 12.6 Å². The van der Waals surface area contributed by atoms with E-state index >= 15 is 0 Å². The fourth-order valence-corrected chi connectivity index (χ4v) is 4.40. The number of hydrogen-bond acceptors (Lipinski definition) is 5. The smallest absolute Gasteiger partial charge is 0.341 e. The number of nitrogens with one attached hydrogen (secondary N) is 1. The zero-order valence-electron chi connectivity index (χ0n) is 13.6. The van der Waals surface area contributed by atoms with Gasteiger partial charge in [-0.05, 0) is 80.5 Å². The second-order valence-corrected chi connectivity index (χ2v) is 8.53. The summed E-state index contributed by atoms with van der Waals surface area (Å²) in [5.74, 6) is -0.621. The maximum absolute atomic E-state index is 11.9. The minimum Gasteiger partial charge on any atom is -0.480 e. The lowest BCUT2D eigenvalue weighted by Gasteiger charge is -2.09. The normalized spacial score (nSPS) is 10.8. The van der Waals surface area contributed by atoms with E-state index in [1.807, 2.05) is 34.7 Å². The van der Waals surface area contributed by atoms with Crippen molar-refractivity contribution in [3.8, 4) is 5.75 Å². The van der Waals surface area contributed by atoms with Crippen LogP contribution >= 0.6 is 61.9 Å². The lowest BCUT2D eigenvalue weighted by molar-refractivity contribution is -0.139. The van der Waals surface area contributed by atoms with Crippen LogP contribution < -0.4 is 10.2 Å². The van der Waals surface area contributed by atoms with Crippen LogP contribution in [0.3, 0.4) is 0 Å². The minimum atomic E-state index is -1.05. The van der Waals surface area contributed by atoms with Crippen molar-refractivity contribution >= 4 is 80.0 Å². The summed E-state index contributed by atoms with van der Waals surface area (Å²) in [6.45, 7) is -0.427. The molecule has 0 aliphatic rings. The van der Waals surface area contributed by atoms with Crippen LogP contribution in [0, 0.1) is 3.57 Å². The Morgan fingerprint density at radius 2 is 2.04 bits per heavy atom. The average Bonchev–Trinajstić information content (AvgIpc) is 2.60. The number of thioether (sulfide) groups is 1. The molecule has 2 N–H and O–H groups in total. The van der Waals surface area contributed by atoms with E-state index in [-0.39, 0.29) is 11.7 Å². The zero-order valence-corrected chi connectivity index (χ0v) is 18.9. The lowest BCUT2D eigenvalue weighted by atomic mass is 10.2. The van der Waals surface area contributed by atoms with E-state index in [0.29, 0.717) is 18.8 Å². The lowest BCUT2D eigenvalue weighted by Crippen LogP contribution is -2.19. The Labute approximate surface area is 187 Å². The number of carboxylic acids is 1. The zero-order chi connectivity index (χ0) is 19.8. The van der Waals surface area contributed by atoms with Crippen molar-refractivity contribution in [1.82, 2.24) is 5.43 Å². The predicted octanol–water partition coefficient (Wildman–Crippen LogP) is 4.41. The molecule has 27 heavy (non-hydrogen) atoms. The predicted molar refractivity (Wildman–Crippen MR) is 118 cm³/mol. The second-order valence-electron chi connectivity index (χ2n) is 5.03. The Morgan fingerprint density at radius 1 is 1.33 bits per heavy atom. The largest absolute Gasteiger partial charge is 0.480 e. The molecule has 0 aliphatic carbocycles. The summed E-state index contributed by atoms with van der Waals surface area (Å²) in [5, 5.41) is 13.3. The van der Waals surface area contributed by atoms with Crippen LogP contribution in [0.1, 0.15) is 5.56 Å². The molecule has 0 aromatic heterocycles. The molecule has 0 aliphatic heterocycles. The number of carbonyl (C=O) groups is 2. The molecular formula is C17H13BrClIN2O4S. The number of amides is 1. The van der Waals surface area contributed by atoms with Crippen molar-refractivity contribution in [1.29, 1.82) is 0 Å². The SMILES string of the molecule is O=C(O)COc1c(Br)cc(/C=N\NC(=O)CSc2ccc(Cl)cc2)cc1I. The number of carboxylic acid groups (broad SMARTS) is 1. The highest BCUT2D eigenvalue weighted by atomic mass is 127. The van der Waals surface area contributed by atoms with Gasteiger partial charge in [0, 0.05) is 9.92 Å². The van der Waals surface area contributed by atoms with E-state index in [2.05, 4.69) is 26.5 Å². The van der Waals surface area contributed by atoms with Gasteiger partial charge in [0.25, 0.3) is 0 Å². The summed E-state index contributed by atoms with van der Waals surface area (Å²) in [6.07, 6.45) is 1.50. The maximum atomic E-state index is 11.9. The van der Waals surface area contributed by atoms with Gasteiger partial charge in [0.05, 0.1) is 20.0 Å². The van der Waals surface area contributed by atoms with Crippen molar-refractivity contribution in [2.45, 2.75) is 4.90 Å². The first kappa shape index (κ1) is 22.0. The molecule has 6 nitrogen and oxygen atoms in total. The molecule has 0 fully saturated rings. The van der Waals surface area contributed by atoms with Crippen molar-refractivity contribution in [3.63, 3.8) is 0 Å². The molecule has 10 heteroatoms. The van der Waals surface area contributed by atoms with Crippen molar-refractivity contribution in [2.75, 3.05) is 12.4 Å². The Bertz CT molecular complexity index is 842. The molecule has 142 valence electrons. The number of benzene rings is 2. The Hall–Kier alpha value is -1.30. The molecule has 0 saturated heterocycles. The van der Waals surface area contributed by atoms with Crippen LogP contribution in [0.5, 0.6) is 5.75 Å². The summed E-state index contributed by atoms with van der Waals surface area (Å²) in [4.78, 5) is 23.4. The molecular weight excluding hydrogens is 571 g/mol. The highest BCUT2D eigenvalue weighted by molar-refractivity contribution is 14.1.